The zero-order valence-electron chi connectivity index (χ0n) is 12.0. The average molecular weight is 332 g/mol. The molecule has 0 bridgehead atoms. The fraction of sp³-hybridized carbons (Fsp3) is 0.429. The number of hydrogen-bond donors (Lipinski definition) is 2. The lowest BCUT2D eigenvalue weighted by atomic mass is 9.96. The van der Waals surface area contributed by atoms with Crippen molar-refractivity contribution < 1.29 is 32.6 Å². The Bertz CT molecular complexity index is 566. The summed E-state index contributed by atoms with van der Waals surface area (Å²) in [5.41, 5.74) is 0.352. The minimum absolute atomic E-state index is 0.278. The number of nitrogens with one attached hydrogen (secondary N) is 1. The third kappa shape index (κ3) is 5.04. The number of rotatable bonds is 3. The Balaban J connectivity index is 1.87. The Morgan fingerprint density at radius 2 is 1.74 bits per heavy atom. The summed E-state index contributed by atoms with van der Waals surface area (Å²) in [7, 11) is 0. The molecule has 1 aliphatic rings. The maximum absolute atomic E-state index is 12.1. The van der Waals surface area contributed by atoms with E-state index in [1.165, 1.54) is 17.0 Å². The van der Waals surface area contributed by atoms with Crippen LogP contribution in [0.1, 0.15) is 12.8 Å². The Kier molecular flexibility index (Phi) is 4.97. The molecule has 0 atom stereocenters. The van der Waals surface area contributed by atoms with Crippen molar-refractivity contribution in [1.82, 2.24) is 4.90 Å². The van der Waals surface area contributed by atoms with E-state index in [0.29, 0.717) is 18.5 Å². The van der Waals surface area contributed by atoms with Crippen LogP contribution in [0.2, 0.25) is 0 Å². The Morgan fingerprint density at radius 3 is 2.22 bits per heavy atom. The second-order valence-electron chi connectivity index (χ2n) is 5.11. The van der Waals surface area contributed by atoms with Gasteiger partial charge in [0.05, 0.1) is 0 Å². The molecule has 1 aromatic rings. The lowest BCUT2D eigenvalue weighted by Crippen LogP contribution is -2.40. The van der Waals surface area contributed by atoms with E-state index in [2.05, 4.69) is 10.1 Å². The number of piperidine rings is 1. The largest absolute Gasteiger partial charge is 0.573 e. The predicted octanol–water partition coefficient (Wildman–Crippen LogP) is 2.91. The van der Waals surface area contributed by atoms with Crippen LogP contribution in [0.5, 0.6) is 5.75 Å². The summed E-state index contributed by atoms with van der Waals surface area (Å²) < 4.78 is 39.9. The van der Waals surface area contributed by atoms with Crippen LogP contribution < -0.4 is 10.1 Å². The zero-order chi connectivity index (χ0) is 17.0. The second-order valence-corrected chi connectivity index (χ2v) is 5.11. The van der Waals surface area contributed by atoms with Gasteiger partial charge < -0.3 is 20.1 Å². The first-order valence-corrected chi connectivity index (χ1v) is 6.89. The highest BCUT2D eigenvalue weighted by Crippen LogP contribution is 2.25. The van der Waals surface area contributed by atoms with Crippen molar-refractivity contribution >= 4 is 17.7 Å². The van der Waals surface area contributed by atoms with Crippen LogP contribution in [0.4, 0.5) is 23.7 Å². The number of carbonyl (C=O) groups is 2. The molecule has 1 aromatic carbocycles. The van der Waals surface area contributed by atoms with Crippen molar-refractivity contribution in [3.8, 4) is 5.75 Å². The number of likely N-dealkylation sites (tertiary alicyclic amines) is 1. The van der Waals surface area contributed by atoms with Crippen LogP contribution in [0.3, 0.4) is 0 Å². The molecule has 9 heteroatoms. The maximum atomic E-state index is 12.1. The molecule has 6 nitrogen and oxygen atoms in total. The lowest BCUT2D eigenvalue weighted by Gasteiger charge is -2.29. The summed E-state index contributed by atoms with van der Waals surface area (Å²) in [4.78, 5) is 24.1. The number of amides is 2. The topological polar surface area (TPSA) is 78.9 Å². The molecule has 23 heavy (non-hydrogen) atoms. The van der Waals surface area contributed by atoms with E-state index in [1.54, 1.807) is 0 Å². The van der Waals surface area contributed by atoms with Gasteiger partial charge in [-0.05, 0) is 37.1 Å². The first-order chi connectivity index (χ1) is 10.7. The lowest BCUT2D eigenvalue weighted by molar-refractivity contribution is -0.274. The summed E-state index contributed by atoms with van der Waals surface area (Å²) in [6.07, 6.45) is -4.95. The fourth-order valence-electron chi connectivity index (χ4n) is 2.32. The molecule has 2 amide bonds. The van der Waals surface area contributed by atoms with Crippen LogP contribution in [0.25, 0.3) is 0 Å². The molecule has 1 heterocycles. The second kappa shape index (κ2) is 6.76. The van der Waals surface area contributed by atoms with Crippen LogP contribution in [0, 0.1) is 5.92 Å². The quantitative estimate of drug-likeness (QED) is 0.892. The molecule has 2 rings (SSSR count). The maximum Gasteiger partial charge on any atom is 0.573 e. The fourth-order valence-corrected chi connectivity index (χ4v) is 2.32. The molecular formula is C14H15F3N2O4. The van der Waals surface area contributed by atoms with Gasteiger partial charge in [-0.2, -0.15) is 0 Å². The Labute approximate surface area is 129 Å². The molecule has 1 fully saturated rings. The smallest absolute Gasteiger partial charge is 0.465 e. The van der Waals surface area contributed by atoms with Crippen molar-refractivity contribution in [3.05, 3.63) is 24.3 Å². The average Bonchev–Trinajstić information content (AvgIpc) is 2.48. The number of carbonyl (C=O) groups excluding carboxylic acids is 1. The molecule has 0 aromatic heterocycles. The van der Waals surface area contributed by atoms with Crippen molar-refractivity contribution in [2.45, 2.75) is 19.2 Å². The molecule has 0 spiro atoms. The highest BCUT2D eigenvalue weighted by atomic mass is 19.4. The zero-order valence-corrected chi connectivity index (χ0v) is 12.0. The third-order valence-corrected chi connectivity index (χ3v) is 3.49. The van der Waals surface area contributed by atoms with Gasteiger partial charge in [-0.1, -0.05) is 0 Å². The van der Waals surface area contributed by atoms with Gasteiger partial charge in [-0.25, -0.2) is 4.79 Å². The van der Waals surface area contributed by atoms with E-state index in [0.717, 1.165) is 12.1 Å². The van der Waals surface area contributed by atoms with Gasteiger partial charge in [0.25, 0.3) is 0 Å². The van der Waals surface area contributed by atoms with Crippen molar-refractivity contribution in [2.75, 3.05) is 18.4 Å². The summed E-state index contributed by atoms with van der Waals surface area (Å²) in [6, 6.07) is 4.84. The molecular weight excluding hydrogens is 317 g/mol. The normalized spacial score (nSPS) is 16.0. The summed E-state index contributed by atoms with van der Waals surface area (Å²) >= 11 is 0. The van der Waals surface area contributed by atoms with Gasteiger partial charge in [0.15, 0.2) is 0 Å². The number of benzene rings is 1. The Hall–Kier alpha value is -2.45. The minimum atomic E-state index is -4.76. The summed E-state index contributed by atoms with van der Waals surface area (Å²) in [5.74, 6) is -0.971. The van der Waals surface area contributed by atoms with Crippen LogP contribution in [0.15, 0.2) is 24.3 Å². The monoisotopic (exact) mass is 332 g/mol. The standard InChI is InChI=1S/C14H15F3N2O4/c15-14(16,17)23-11-3-1-10(2-4-11)18-12(20)9-5-7-19(8-6-9)13(21)22/h1-4,9H,5-8H2,(H,18,20)(H,21,22). The number of alkyl halides is 3. The highest BCUT2D eigenvalue weighted by Gasteiger charge is 2.31. The predicted molar refractivity (Wildman–Crippen MR) is 74.1 cm³/mol. The van der Waals surface area contributed by atoms with Crippen molar-refractivity contribution in [2.24, 2.45) is 5.92 Å². The van der Waals surface area contributed by atoms with E-state index in [1.807, 2.05) is 0 Å². The molecule has 2 N–H and O–H groups in total. The highest BCUT2D eigenvalue weighted by molar-refractivity contribution is 5.92. The minimum Gasteiger partial charge on any atom is -0.465 e. The first-order valence-electron chi connectivity index (χ1n) is 6.89. The van der Waals surface area contributed by atoms with Gasteiger partial charge in [0, 0.05) is 24.7 Å². The summed E-state index contributed by atoms with van der Waals surface area (Å²) in [5, 5.41) is 11.4. The molecule has 1 saturated heterocycles. The van der Waals surface area contributed by atoms with Gasteiger partial charge in [-0.15, -0.1) is 13.2 Å². The molecule has 0 aliphatic carbocycles. The van der Waals surface area contributed by atoms with E-state index in [9.17, 15) is 22.8 Å². The number of hydrogen-bond acceptors (Lipinski definition) is 3. The van der Waals surface area contributed by atoms with Crippen LogP contribution >= 0.6 is 0 Å². The van der Waals surface area contributed by atoms with Gasteiger partial charge in [0.1, 0.15) is 5.75 Å². The van der Waals surface area contributed by atoms with Crippen molar-refractivity contribution in [1.29, 1.82) is 0 Å². The van der Waals surface area contributed by atoms with E-state index in [-0.39, 0.29) is 30.7 Å². The molecule has 0 saturated carbocycles. The van der Waals surface area contributed by atoms with Gasteiger partial charge in [-0.3, -0.25) is 4.79 Å². The number of carboxylic acid groups (broad SMARTS) is 1. The number of nitrogens with zero attached hydrogens (tertiary/aromatic N) is 1. The van der Waals surface area contributed by atoms with E-state index in [4.69, 9.17) is 5.11 Å². The Morgan fingerprint density at radius 1 is 1.17 bits per heavy atom. The molecule has 126 valence electrons. The first kappa shape index (κ1) is 16.9. The number of anilines is 1. The number of ether oxygens (including phenoxy) is 1. The SMILES string of the molecule is O=C(Nc1ccc(OC(F)(F)F)cc1)C1CCN(C(=O)O)CC1. The van der Waals surface area contributed by atoms with Crippen LogP contribution in [-0.2, 0) is 4.79 Å². The molecule has 0 unspecified atom stereocenters. The third-order valence-electron chi connectivity index (χ3n) is 3.49. The van der Waals surface area contributed by atoms with Gasteiger partial charge in [0.2, 0.25) is 5.91 Å². The van der Waals surface area contributed by atoms with Gasteiger partial charge >= 0.3 is 12.5 Å². The van der Waals surface area contributed by atoms with E-state index < -0.39 is 12.5 Å². The summed E-state index contributed by atoms with van der Waals surface area (Å²) in [6.45, 7) is 0.567. The van der Waals surface area contributed by atoms with Crippen molar-refractivity contribution in [3.63, 3.8) is 0 Å². The molecule has 0 radical (unpaired) electrons. The van der Waals surface area contributed by atoms with Crippen LogP contribution in [-0.4, -0.2) is 41.5 Å². The molecule has 1 aliphatic heterocycles. The number of halogens is 3. The van der Waals surface area contributed by atoms with E-state index >= 15 is 0 Å².